The summed E-state index contributed by atoms with van der Waals surface area (Å²) in [6.45, 7) is 8.81. The van der Waals surface area contributed by atoms with E-state index >= 15 is 0 Å². The number of para-hydroxylation sites is 1. The monoisotopic (exact) mass is 291 g/mol. The van der Waals surface area contributed by atoms with Crippen molar-refractivity contribution in [1.29, 1.82) is 0 Å². The Hall–Kier alpha value is -1.22. The van der Waals surface area contributed by atoms with Gasteiger partial charge in [0.05, 0.1) is 13.2 Å². The van der Waals surface area contributed by atoms with Gasteiger partial charge in [0.1, 0.15) is 0 Å². The lowest BCUT2D eigenvalue weighted by Crippen LogP contribution is -2.16. The molecule has 1 aliphatic rings. The molecule has 2 rings (SSSR count). The van der Waals surface area contributed by atoms with Crippen LogP contribution in [-0.2, 0) is 6.54 Å². The highest BCUT2D eigenvalue weighted by Gasteiger charge is 2.21. The molecule has 0 aliphatic heterocycles. The lowest BCUT2D eigenvalue weighted by molar-refractivity contribution is 0.264. The summed E-state index contributed by atoms with van der Waals surface area (Å²) in [6, 6.07) is 6.89. The van der Waals surface area contributed by atoms with Gasteiger partial charge in [-0.15, -0.1) is 0 Å². The van der Waals surface area contributed by atoms with Gasteiger partial charge in [-0.25, -0.2) is 0 Å². The Labute approximate surface area is 129 Å². The molecule has 0 aromatic heterocycles. The SMILES string of the molecule is CCOc1cccc(CNC2CC2)c1OCCCC(C)C. The highest BCUT2D eigenvalue weighted by Crippen LogP contribution is 2.32. The highest BCUT2D eigenvalue weighted by atomic mass is 16.5. The second-order valence-corrected chi connectivity index (χ2v) is 6.22. The van der Waals surface area contributed by atoms with Crippen LogP contribution in [0.1, 0.15) is 52.0 Å². The fourth-order valence-electron chi connectivity index (χ4n) is 2.34. The molecular formula is C18H29NO2. The number of benzene rings is 1. The van der Waals surface area contributed by atoms with Gasteiger partial charge >= 0.3 is 0 Å². The minimum atomic E-state index is 0.669. The van der Waals surface area contributed by atoms with E-state index in [1.165, 1.54) is 24.8 Å². The first kappa shape index (κ1) is 16.2. The summed E-state index contributed by atoms with van der Waals surface area (Å²) in [6.07, 6.45) is 4.89. The van der Waals surface area contributed by atoms with Crippen molar-refractivity contribution in [2.24, 2.45) is 5.92 Å². The van der Waals surface area contributed by atoms with E-state index < -0.39 is 0 Å². The van der Waals surface area contributed by atoms with Crippen LogP contribution in [0.5, 0.6) is 11.5 Å². The van der Waals surface area contributed by atoms with Crippen LogP contribution in [0.4, 0.5) is 0 Å². The molecule has 21 heavy (non-hydrogen) atoms. The fourth-order valence-corrected chi connectivity index (χ4v) is 2.34. The number of ether oxygens (including phenoxy) is 2. The molecule has 118 valence electrons. The quantitative estimate of drug-likeness (QED) is 0.657. The maximum Gasteiger partial charge on any atom is 0.165 e. The van der Waals surface area contributed by atoms with Crippen molar-refractivity contribution in [1.82, 2.24) is 5.32 Å². The number of rotatable bonds is 10. The first-order valence-electron chi connectivity index (χ1n) is 8.31. The summed E-state index contributed by atoms with van der Waals surface area (Å²) in [5.41, 5.74) is 1.21. The molecule has 1 N–H and O–H groups in total. The van der Waals surface area contributed by atoms with E-state index in [9.17, 15) is 0 Å². The second kappa shape index (κ2) is 8.28. The minimum Gasteiger partial charge on any atom is -0.490 e. The van der Waals surface area contributed by atoms with E-state index in [-0.39, 0.29) is 0 Å². The second-order valence-electron chi connectivity index (χ2n) is 6.22. The van der Waals surface area contributed by atoms with E-state index in [1.807, 2.05) is 13.0 Å². The normalized spacial score (nSPS) is 14.5. The molecule has 1 saturated carbocycles. The highest BCUT2D eigenvalue weighted by molar-refractivity contribution is 5.46. The standard InChI is InChI=1S/C18H29NO2/c1-4-20-17-9-5-8-15(13-19-16-10-11-16)18(17)21-12-6-7-14(2)3/h5,8-9,14,16,19H,4,6-7,10-13H2,1-3H3. The van der Waals surface area contributed by atoms with Crippen molar-refractivity contribution in [2.45, 2.75) is 59.0 Å². The van der Waals surface area contributed by atoms with Crippen molar-refractivity contribution in [2.75, 3.05) is 13.2 Å². The van der Waals surface area contributed by atoms with E-state index in [1.54, 1.807) is 0 Å². The molecule has 3 heteroatoms. The zero-order valence-corrected chi connectivity index (χ0v) is 13.7. The molecule has 0 spiro atoms. The van der Waals surface area contributed by atoms with Crippen LogP contribution in [0.3, 0.4) is 0 Å². The van der Waals surface area contributed by atoms with E-state index in [0.29, 0.717) is 12.6 Å². The van der Waals surface area contributed by atoms with Crippen molar-refractivity contribution in [3.63, 3.8) is 0 Å². The maximum absolute atomic E-state index is 6.06. The Kier molecular flexibility index (Phi) is 6.37. The molecule has 0 atom stereocenters. The van der Waals surface area contributed by atoms with Crippen molar-refractivity contribution in [3.05, 3.63) is 23.8 Å². The van der Waals surface area contributed by atoms with Crippen LogP contribution < -0.4 is 14.8 Å². The van der Waals surface area contributed by atoms with Gasteiger partial charge in [0.2, 0.25) is 0 Å². The Morgan fingerprint density at radius 1 is 1.24 bits per heavy atom. The molecule has 0 amide bonds. The lowest BCUT2D eigenvalue weighted by atomic mass is 10.1. The first-order chi connectivity index (χ1) is 10.2. The van der Waals surface area contributed by atoms with Crippen LogP contribution in [-0.4, -0.2) is 19.3 Å². The van der Waals surface area contributed by atoms with Gasteiger partial charge in [0.15, 0.2) is 11.5 Å². The predicted octanol–water partition coefficient (Wildman–Crippen LogP) is 4.15. The van der Waals surface area contributed by atoms with Crippen molar-refractivity contribution in [3.8, 4) is 11.5 Å². The zero-order valence-electron chi connectivity index (χ0n) is 13.7. The molecule has 1 fully saturated rings. The van der Waals surface area contributed by atoms with E-state index in [4.69, 9.17) is 9.47 Å². The molecule has 1 aromatic carbocycles. The third-order valence-corrected chi connectivity index (χ3v) is 3.69. The minimum absolute atomic E-state index is 0.669. The maximum atomic E-state index is 6.06. The topological polar surface area (TPSA) is 30.5 Å². The van der Waals surface area contributed by atoms with Crippen LogP contribution in [0.15, 0.2) is 18.2 Å². The lowest BCUT2D eigenvalue weighted by Gasteiger charge is -2.16. The van der Waals surface area contributed by atoms with Crippen LogP contribution in [0.2, 0.25) is 0 Å². The van der Waals surface area contributed by atoms with Gasteiger partial charge in [-0.3, -0.25) is 0 Å². The molecule has 0 heterocycles. The Morgan fingerprint density at radius 2 is 2.05 bits per heavy atom. The van der Waals surface area contributed by atoms with Crippen LogP contribution >= 0.6 is 0 Å². The van der Waals surface area contributed by atoms with Gasteiger partial charge in [0, 0.05) is 18.2 Å². The fraction of sp³-hybridized carbons (Fsp3) is 0.667. The van der Waals surface area contributed by atoms with Gasteiger partial charge in [0.25, 0.3) is 0 Å². The average Bonchev–Trinajstić information content (AvgIpc) is 3.27. The van der Waals surface area contributed by atoms with Gasteiger partial charge < -0.3 is 14.8 Å². The molecule has 1 aliphatic carbocycles. The van der Waals surface area contributed by atoms with Crippen LogP contribution in [0.25, 0.3) is 0 Å². The smallest absolute Gasteiger partial charge is 0.165 e. The summed E-state index contributed by atoms with van der Waals surface area (Å²) in [5.74, 6) is 2.53. The number of nitrogens with one attached hydrogen (secondary N) is 1. The average molecular weight is 291 g/mol. The molecule has 0 bridgehead atoms. The molecular weight excluding hydrogens is 262 g/mol. The molecule has 0 unspecified atom stereocenters. The van der Waals surface area contributed by atoms with Gasteiger partial charge in [-0.1, -0.05) is 26.0 Å². The molecule has 1 aromatic rings. The summed E-state index contributed by atoms with van der Waals surface area (Å²) in [7, 11) is 0. The molecule has 0 saturated heterocycles. The van der Waals surface area contributed by atoms with E-state index in [0.717, 1.165) is 37.0 Å². The Morgan fingerprint density at radius 3 is 2.71 bits per heavy atom. The van der Waals surface area contributed by atoms with E-state index in [2.05, 4.69) is 31.3 Å². The number of hydrogen-bond acceptors (Lipinski definition) is 3. The van der Waals surface area contributed by atoms with Gasteiger partial charge in [-0.05, 0) is 44.6 Å². The molecule has 3 nitrogen and oxygen atoms in total. The first-order valence-corrected chi connectivity index (χ1v) is 8.31. The summed E-state index contributed by atoms with van der Waals surface area (Å²) < 4.78 is 11.8. The third-order valence-electron chi connectivity index (χ3n) is 3.69. The van der Waals surface area contributed by atoms with Crippen molar-refractivity contribution < 1.29 is 9.47 Å². The Balaban J connectivity index is 1.97. The number of hydrogen-bond donors (Lipinski definition) is 1. The largest absolute Gasteiger partial charge is 0.490 e. The summed E-state index contributed by atoms with van der Waals surface area (Å²) >= 11 is 0. The summed E-state index contributed by atoms with van der Waals surface area (Å²) in [5, 5.41) is 3.56. The third kappa shape index (κ3) is 5.58. The van der Waals surface area contributed by atoms with Crippen molar-refractivity contribution >= 4 is 0 Å². The van der Waals surface area contributed by atoms with Crippen LogP contribution in [0, 0.1) is 5.92 Å². The Bertz CT molecular complexity index is 427. The predicted molar refractivity (Wildman–Crippen MR) is 87.0 cm³/mol. The summed E-state index contributed by atoms with van der Waals surface area (Å²) in [4.78, 5) is 0. The molecule has 0 radical (unpaired) electrons. The zero-order chi connectivity index (χ0) is 15.1. The van der Waals surface area contributed by atoms with Gasteiger partial charge in [-0.2, -0.15) is 0 Å².